The summed E-state index contributed by atoms with van der Waals surface area (Å²) in [7, 11) is 0. The standard InChI is InChI=1S/C31H31F2N6O.Mn/c1-4-29(40)35-23-9-5-7-21(15-23)24-10-6-8-22-18-34-31(37-30(22)24)36-27-16-26(33)28(17-25(27)32)39-13-11-38(12-14-39)19-20(2)3;/h4-10,15-18H,1,11-14,19H2,2-3H3,(H,35,40)(H,34,36,37);/q-1;. The van der Waals surface area contributed by atoms with Crippen LogP contribution >= 0.6 is 0 Å². The number of fused-ring (bicyclic) bond motifs is 1. The molecule has 3 aromatic carbocycles. The van der Waals surface area contributed by atoms with Crippen LogP contribution in [0, 0.1) is 17.6 Å². The van der Waals surface area contributed by atoms with Gasteiger partial charge in [0.1, 0.15) is 11.6 Å². The number of carbonyl (C=O) groups excluding carboxylic acids is 1. The molecule has 1 amide bonds. The molecule has 2 heterocycles. The summed E-state index contributed by atoms with van der Waals surface area (Å²) in [6, 6.07) is 15.4. The number of benzene rings is 3. The molecule has 41 heavy (non-hydrogen) atoms. The molecule has 213 valence electrons. The fraction of sp³-hybridized carbons (Fsp3) is 0.226. The summed E-state index contributed by atoms with van der Waals surface area (Å²) in [4.78, 5) is 24.9. The predicted molar refractivity (Wildman–Crippen MR) is 157 cm³/mol. The zero-order chi connectivity index (χ0) is 28.2. The molecule has 0 atom stereocenters. The van der Waals surface area contributed by atoms with Crippen molar-refractivity contribution in [3.05, 3.63) is 91.0 Å². The Bertz CT molecular complexity index is 1560. The topological polar surface area (TPSA) is 73.4 Å². The zero-order valence-corrected chi connectivity index (χ0v) is 24.1. The Kier molecular flexibility index (Phi) is 9.70. The van der Waals surface area contributed by atoms with E-state index in [4.69, 9.17) is 0 Å². The van der Waals surface area contributed by atoms with Gasteiger partial charge in [-0.05, 0) is 23.8 Å². The maximum atomic E-state index is 15.2. The van der Waals surface area contributed by atoms with E-state index >= 15 is 8.78 Å². The minimum Gasteiger partial charge on any atom is -0.367 e. The number of amides is 1. The molecule has 1 aromatic heterocycles. The third-order valence-electron chi connectivity index (χ3n) is 6.77. The van der Waals surface area contributed by atoms with Crippen molar-refractivity contribution in [2.75, 3.05) is 48.3 Å². The van der Waals surface area contributed by atoms with Gasteiger partial charge in [-0.15, -0.1) is 6.54 Å². The van der Waals surface area contributed by atoms with Crippen molar-refractivity contribution in [3.8, 4) is 11.1 Å². The van der Waals surface area contributed by atoms with Crippen molar-refractivity contribution < 1.29 is 30.6 Å². The van der Waals surface area contributed by atoms with Crippen LogP contribution in [0.5, 0.6) is 0 Å². The van der Waals surface area contributed by atoms with E-state index < -0.39 is 11.6 Å². The van der Waals surface area contributed by atoms with Crippen LogP contribution in [0.1, 0.15) is 13.8 Å². The molecule has 0 unspecified atom stereocenters. The van der Waals surface area contributed by atoms with E-state index in [0.29, 0.717) is 24.3 Å². The van der Waals surface area contributed by atoms with E-state index in [1.807, 2.05) is 41.3 Å². The Hall–Kier alpha value is -3.85. The Morgan fingerprint density at radius 1 is 1.05 bits per heavy atom. The second-order valence-corrected chi connectivity index (χ2v) is 10.1. The minimum absolute atomic E-state index is 0. The number of piperazine rings is 1. The van der Waals surface area contributed by atoms with E-state index in [0.717, 1.165) is 42.2 Å². The third-order valence-corrected chi connectivity index (χ3v) is 6.77. The van der Waals surface area contributed by atoms with Gasteiger partial charge in [-0.25, -0.2) is 18.7 Å². The van der Waals surface area contributed by atoms with Gasteiger partial charge < -0.3 is 26.4 Å². The van der Waals surface area contributed by atoms with Crippen LogP contribution in [-0.2, 0) is 21.9 Å². The SMILES string of the molecule is C=CC(=O)Nc1cccc(-c2cccc3cnc(Nc4cc(F)c(N5CCN(C[C-](C)C)CC5)cc4F)nc23)c1.[Mn]. The van der Waals surface area contributed by atoms with Crippen LogP contribution in [-0.4, -0.2) is 53.5 Å². The quantitative estimate of drug-likeness (QED) is 0.144. The van der Waals surface area contributed by atoms with Crippen LogP contribution < -0.4 is 15.5 Å². The first-order chi connectivity index (χ1) is 19.3. The van der Waals surface area contributed by atoms with Crippen LogP contribution in [0.4, 0.5) is 31.8 Å². The number of hydrogen-bond donors (Lipinski definition) is 2. The number of nitrogens with zero attached hydrogens (tertiary/aromatic N) is 4. The van der Waals surface area contributed by atoms with Gasteiger partial charge in [-0.3, -0.25) is 4.79 Å². The molecule has 1 aliphatic rings. The Morgan fingerprint density at radius 2 is 1.80 bits per heavy atom. The van der Waals surface area contributed by atoms with Gasteiger partial charge in [0.15, 0.2) is 0 Å². The average Bonchev–Trinajstić information content (AvgIpc) is 2.94. The maximum Gasteiger partial charge on any atom is 0.247 e. The first-order valence-corrected chi connectivity index (χ1v) is 13.1. The van der Waals surface area contributed by atoms with Gasteiger partial charge in [-0.2, -0.15) is 13.8 Å². The Labute approximate surface area is 249 Å². The number of para-hydroxylation sites is 1. The number of aromatic nitrogens is 2. The van der Waals surface area contributed by atoms with Crippen LogP contribution in [0.3, 0.4) is 0 Å². The molecule has 0 spiro atoms. The van der Waals surface area contributed by atoms with Crippen molar-refractivity contribution in [3.63, 3.8) is 0 Å². The number of carbonyl (C=O) groups is 1. The first-order valence-electron chi connectivity index (χ1n) is 13.1. The van der Waals surface area contributed by atoms with E-state index in [1.54, 1.807) is 12.3 Å². The number of anilines is 4. The molecule has 0 saturated carbocycles. The maximum absolute atomic E-state index is 15.2. The summed E-state index contributed by atoms with van der Waals surface area (Å²) in [6.07, 6.45) is 2.84. The van der Waals surface area contributed by atoms with E-state index in [1.165, 1.54) is 18.1 Å². The molecule has 1 aliphatic heterocycles. The molecule has 1 radical (unpaired) electrons. The molecule has 10 heteroatoms. The molecule has 0 bridgehead atoms. The van der Waals surface area contributed by atoms with E-state index in [2.05, 4.69) is 45.9 Å². The molecular weight excluding hydrogens is 565 g/mol. The Balaban J connectivity index is 0.00000387. The monoisotopic (exact) mass is 596 g/mol. The molecule has 1 fully saturated rings. The average molecular weight is 597 g/mol. The smallest absolute Gasteiger partial charge is 0.247 e. The summed E-state index contributed by atoms with van der Waals surface area (Å²) < 4.78 is 30.4. The minimum atomic E-state index is -0.584. The van der Waals surface area contributed by atoms with Gasteiger partial charge in [0, 0.05) is 78.2 Å². The van der Waals surface area contributed by atoms with Crippen LogP contribution in [0.15, 0.2) is 73.4 Å². The van der Waals surface area contributed by atoms with Gasteiger partial charge in [0.25, 0.3) is 0 Å². The van der Waals surface area contributed by atoms with Crippen molar-refractivity contribution in [2.24, 2.45) is 0 Å². The number of nitrogens with one attached hydrogen (secondary N) is 2. The summed E-state index contributed by atoms with van der Waals surface area (Å²) in [5.74, 6) is 0.0721. The predicted octanol–water partition coefficient (Wildman–Crippen LogP) is 6.18. The van der Waals surface area contributed by atoms with Crippen molar-refractivity contribution in [2.45, 2.75) is 13.8 Å². The van der Waals surface area contributed by atoms with E-state index in [9.17, 15) is 4.79 Å². The molecule has 1 saturated heterocycles. The van der Waals surface area contributed by atoms with Gasteiger partial charge in [0.2, 0.25) is 11.9 Å². The van der Waals surface area contributed by atoms with Crippen LogP contribution in [0.2, 0.25) is 0 Å². The van der Waals surface area contributed by atoms with Gasteiger partial charge in [0.05, 0.1) is 16.9 Å². The number of halogens is 2. The second kappa shape index (κ2) is 13.2. The van der Waals surface area contributed by atoms with Crippen molar-refractivity contribution in [1.82, 2.24) is 14.9 Å². The number of rotatable bonds is 8. The van der Waals surface area contributed by atoms with Gasteiger partial charge >= 0.3 is 0 Å². The van der Waals surface area contributed by atoms with Crippen LogP contribution in [0.25, 0.3) is 22.0 Å². The normalized spacial score (nSPS) is 13.6. The molecular formula is C31H31F2MnN6O-. The Morgan fingerprint density at radius 3 is 2.54 bits per heavy atom. The second-order valence-electron chi connectivity index (χ2n) is 10.1. The fourth-order valence-electron chi connectivity index (χ4n) is 4.90. The summed E-state index contributed by atoms with van der Waals surface area (Å²) in [5.41, 5.74) is 3.08. The third kappa shape index (κ3) is 7.08. The summed E-state index contributed by atoms with van der Waals surface area (Å²) in [5, 5.41) is 6.39. The molecule has 5 rings (SSSR count). The van der Waals surface area contributed by atoms with Crippen molar-refractivity contribution >= 4 is 39.8 Å². The number of hydrogen-bond acceptors (Lipinski definition) is 6. The summed E-state index contributed by atoms with van der Waals surface area (Å²) >= 11 is 0. The molecule has 4 aromatic rings. The first kappa shape index (κ1) is 30.1. The molecule has 7 nitrogen and oxygen atoms in total. The summed E-state index contributed by atoms with van der Waals surface area (Å²) in [6.45, 7) is 11.4. The van der Waals surface area contributed by atoms with Crippen molar-refractivity contribution in [1.29, 1.82) is 0 Å². The van der Waals surface area contributed by atoms with E-state index in [-0.39, 0.29) is 40.3 Å². The van der Waals surface area contributed by atoms with Gasteiger partial charge in [-0.1, -0.05) is 36.9 Å². The largest absolute Gasteiger partial charge is 0.367 e. The fourth-order valence-corrected chi connectivity index (χ4v) is 4.90. The zero-order valence-electron chi connectivity index (χ0n) is 22.9. The molecule has 0 aliphatic carbocycles. The molecule has 2 N–H and O–H groups in total.